The van der Waals surface area contributed by atoms with Gasteiger partial charge in [-0.15, -0.1) is 0 Å². The molecule has 1 N–H and O–H groups in total. The molecule has 0 aliphatic carbocycles. The first-order valence-corrected chi connectivity index (χ1v) is 2.82. The molecule has 0 saturated heterocycles. The molecule has 1 aliphatic heterocycles. The van der Waals surface area contributed by atoms with Crippen LogP contribution in [0.2, 0.25) is 0 Å². The van der Waals surface area contributed by atoms with Gasteiger partial charge in [0.2, 0.25) is 0 Å². The predicted octanol–water partition coefficient (Wildman–Crippen LogP) is 1.25. The van der Waals surface area contributed by atoms with Crippen molar-refractivity contribution in [3.8, 4) is 0 Å². The SMILES string of the molecule is [CH2]CC1C=CC=CN1. The van der Waals surface area contributed by atoms with Gasteiger partial charge in [0.05, 0.1) is 0 Å². The van der Waals surface area contributed by atoms with Crippen LogP contribution in [-0.2, 0) is 0 Å². The largest absolute Gasteiger partial charge is 0.385 e. The molecule has 0 spiro atoms. The minimum Gasteiger partial charge on any atom is -0.385 e. The Morgan fingerprint density at radius 3 is 2.75 bits per heavy atom. The van der Waals surface area contributed by atoms with Crippen molar-refractivity contribution in [2.75, 3.05) is 0 Å². The highest BCUT2D eigenvalue weighted by Crippen LogP contribution is 1.96. The minimum absolute atomic E-state index is 0.458. The second-order valence-electron chi connectivity index (χ2n) is 1.81. The highest BCUT2D eigenvalue weighted by Gasteiger charge is 1.96. The van der Waals surface area contributed by atoms with Crippen molar-refractivity contribution in [1.82, 2.24) is 5.32 Å². The predicted molar refractivity (Wildman–Crippen MR) is 35.2 cm³/mol. The Morgan fingerprint density at radius 2 is 2.38 bits per heavy atom. The molecule has 0 fully saturated rings. The second kappa shape index (κ2) is 2.55. The van der Waals surface area contributed by atoms with Crippen LogP contribution in [0.1, 0.15) is 6.42 Å². The van der Waals surface area contributed by atoms with Gasteiger partial charge in [0, 0.05) is 6.04 Å². The van der Waals surface area contributed by atoms with Crippen molar-refractivity contribution in [3.63, 3.8) is 0 Å². The molecule has 1 unspecified atom stereocenters. The molecular formula is C7H10N. The first-order valence-electron chi connectivity index (χ1n) is 2.82. The van der Waals surface area contributed by atoms with Crippen molar-refractivity contribution in [3.05, 3.63) is 31.4 Å². The topological polar surface area (TPSA) is 12.0 Å². The van der Waals surface area contributed by atoms with Crippen LogP contribution in [0, 0.1) is 6.92 Å². The second-order valence-corrected chi connectivity index (χ2v) is 1.81. The first-order chi connectivity index (χ1) is 3.93. The molecule has 1 atom stereocenters. The van der Waals surface area contributed by atoms with E-state index >= 15 is 0 Å². The fraction of sp³-hybridized carbons (Fsp3) is 0.286. The zero-order valence-electron chi connectivity index (χ0n) is 4.80. The van der Waals surface area contributed by atoms with Gasteiger partial charge in [-0.25, -0.2) is 0 Å². The number of hydrogen-bond donors (Lipinski definition) is 1. The van der Waals surface area contributed by atoms with Crippen LogP contribution in [0.25, 0.3) is 0 Å². The first kappa shape index (κ1) is 5.42. The monoisotopic (exact) mass is 108 g/mol. The van der Waals surface area contributed by atoms with E-state index in [2.05, 4.69) is 18.3 Å². The highest BCUT2D eigenvalue weighted by molar-refractivity contribution is 5.11. The van der Waals surface area contributed by atoms with E-state index in [-0.39, 0.29) is 0 Å². The average Bonchev–Trinajstić information content (AvgIpc) is 1.90. The van der Waals surface area contributed by atoms with E-state index in [9.17, 15) is 0 Å². The Morgan fingerprint density at radius 1 is 1.50 bits per heavy atom. The lowest BCUT2D eigenvalue weighted by molar-refractivity contribution is 0.701. The van der Waals surface area contributed by atoms with E-state index in [1.54, 1.807) is 0 Å². The molecule has 8 heavy (non-hydrogen) atoms. The van der Waals surface area contributed by atoms with Gasteiger partial charge in [-0.1, -0.05) is 19.1 Å². The third-order valence-corrected chi connectivity index (χ3v) is 1.17. The molecule has 0 bridgehead atoms. The summed E-state index contributed by atoms with van der Waals surface area (Å²) in [6, 6.07) is 0.458. The molecule has 0 amide bonds. The maximum atomic E-state index is 3.76. The van der Waals surface area contributed by atoms with E-state index in [0.29, 0.717) is 6.04 Å². The van der Waals surface area contributed by atoms with Gasteiger partial charge < -0.3 is 5.32 Å². The van der Waals surface area contributed by atoms with Crippen LogP contribution in [0.5, 0.6) is 0 Å². The number of dihydropyridines is 1. The van der Waals surface area contributed by atoms with Crippen LogP contribution < -0.4 is 5.32 Å². The summed E-state index contributed by atoms with van der Waals surface area (Å²) in [4.78, 5) is 0. The number of rotatable bonds is 1. The molecule has 0 aromatic heterocycles. The third-order valence-electron chi connectivity index (χ3n) is 1.17. The fourth-order valence-corrected chi connectivity index (χ4v) is 0.668. The Bertz CT molecular complexity index is 114. The maximum absolute atomic E-state index is 3.76. The normalized spacial score (nSPS) is 25.4. The number of allylic oxidation sites excluding steroid dienone is 2. The summed E-state index contributed by atoms with van der Waals surface area (Å²) < 4.78 is 0. The van der Waals surface area contributed by atoms with Crippen molar-refractivity contribution >= 4 is 0 Å². The van der Waals surface area contributed by atoms with Crippen LogP contribution in [0.4, 0.5) is 0 Å². The average molecular weight is 108 g/mol. The Kier molecular flexibility index (Phi) is 1.73. The molecule has 0 aromatic carbocycles. The zero-order valence-corrected chi connectivity index (χ0v) is 4.80. The Labute approximate surface area is 50.1 Å². The zero-order chi connectivity index (χ0) is 5.82. The van der Waals surface area contributed by atoms with E-state index in [4.69, 9.17) is 0 Å². The van der Waals surface area contributed by atoms with E-state index in [0.717, 1.165) is 6.42 Å². The molecular weight excluding hydrogens is 98.1 g/mol. The summed E-state index contributed by atoms with van der Waals surface area (Å²) >= 11 is 0. The third kappa shape index (κ3) is 1.12. The minimum atomic E-state index is 0.458. The van der Waals surface area contributed by atoms with Gasteiger partial charge in [0.1, 0.15) is 0 Å². The standard InChI is InChI=1S/C7H10N/c1-2-7-5-3-4-6-8-7/h3-8H,1-2H2. The lowest BCUT2D eigenvalue weighted by atomic mass is 10.2. The molecule has 1 radical (unpaired) electrons. The van der Waals surface area contributed by atoms with Crippen molar-refractivity contribution in [2.24, 2.45) is 0 Å². The summed E-state index contributed by atoms with van der Waals surface area (Å²) in [7, 11) is 0. The van der Waals surface area contributed by atoms with E-state index < -0.39 is 0 Å². The molecule has 0 saturated carbocycles. The van der Waals surface area contributed by atoms with Crippen molar-refractivity contribution < 1.29 is 0 Å². The quantitative estimate of drug-likeness (QED) is 0.533. The molecule has 1 aliphatic rings. The summed E-state index contributed by atoms with van der Waals surface area (Å²) in [5.41, 5.74) is 0. The van der Waals surface area contributed by atoms with Gasteiger partial charge in [-0.05, 0) is 18.7 Å². The van der Waals surface area contributed by atoms with Gasteiger partial charge in [-0.3, -0.25) is 0 Å². The lowest BCUT2D eigenvalue weighted by Gasteiger charge is -2.11. The molecule has 1 nitrogen and oxygen atoms in total. The van der Waals surface area contributed by atoms with Gasteiger partial charge in [0.15, 0.2) is 0 Å². The van der Waals surface area contributed by atoms with E-state index in [1.807, 2.05) is 18.4 Å². The number of hydrogen-bond acceptors (Lipinski definition) is 1. The lowest BCUT2D eigenvalue weighted by Crippen LogP contribution is -2.21. The summed E-state index contributed by atoms with van der Waals surface area (Å²) in [6.45, 7) is 3.76. The maximum Gasteiger partial charge on any atom is 0.0442 e. The molecule has 1 rings (SSSR count). The van der Waals surface area contributed by atoms with Crippen molar-refractivity contribution in [2.45, 2.75) is 12.5 Å². The molecule has 0 aromatic rings. The summed E-state index contributed by atoms with van der Waals surface area (Å²) in [6.07, 6.45) is 8.97. The summed E-state index contributed by atoms with van der Waals surface area (Å²) in [5, 5.41) is 3.14. The summed E-state index contributed by atoms with van der Waals surface area (Å²) in [5.74, 6) is 0. The number of nitrogens with one attached hydrogen (secondary N) is 1. The van der Waals surface area contributed by atoms with E-state index in [1.165, 1.54) is 0 Å². The van der Waals surface area contributed by atoms with Gasteiger partial charge in [-0.2, -0.15) is 0 Å². The molecule has 1 heterocycles. The Hall–Kier alpha value is -0.720. The molecule has 1 heteroatoms. The van der Waals surface area contributed by atoms with Crippen molar-refractivity contribution in [1.29, 1.82) is 0 Å². The smallest absolute Gasteiger partial charge is 0.0442 e. The molecule has 43 valence electrons. The van der Waals surface area contributed by atoms with Crippen LogP contribution in [0.15, 0.2) is 24.4 Å². The van der Waals surface area contributed by atoms with Crippen LogP contribution >= 0.6 is 0 Å². The van der Waals surface area contributed by atoms with Gasteiger partial charge >= 0.3 is 0 Å². The van der Waals surface area contributed by atoms with Gasteiger partial charge in [0.25, 0.3) is 0 Å². The highest BCUT2D eigenvalue weighted by atomic mass is 14.9. The van der Waals surface area contributed by atoms with Crippen LogP contribution in [-0.4, -0.2) is 6.04 Å². The Balaban J connectivity index is 2.40. The fourth-order valence-electron chi connectivity index (χ4n) is 0.668. The van der Waals surface area contributed by atoms with Crippen LogP contribution in [0.3, 0.4) is 0 Å².